The number of carbonyl (C=O) groups excluding carboxylic acids is 1. The third-order valence-electron chi connectivity index (χ3n) is 3.07. The molecule has 88 valence electrons. The van der Waals surface area contributed by atoms with E-state index in [4.69, 9.17) is 11.5 Å². The molecule has 1 atom stereocenters. The number of rotatable bonds is 7. The topological polar surface area (TPSA) is 72.3 Å². The maximum Gasteiger partial charge on any atom is 0.237 e. The Labute approximate surface area is 92.0 Å². The first-order chi connectivity index (χ1) is 6.92. The van der Waals surface area contributed by atoms with E-state index in [1.54, 1.807) is 6.92 Å². The van der Waals surface area contributed by atoms with E-state index in [9.17, 15) is 4.79 Å². The maximum atomic E-state index is 11.0. The smallest absolute Gasteiger partial charge is 0.237 e. The number of amides is 1. The van der Waals surface area contributed by atoms with E-state index >= 15 is 0 Å². The van der Waals surface area contributed by atoms with Crippen molar-refractivity contribution in [3.05, 3.63) is 0 Å². The lowest BCUT2D eigenvalue weighted by atomic mass is 9.96. The predicted octanol–water partition coefficient (Wildman–Crippen LogP) is 0.311. The minimum absolute atomic E-state index is 0.410. The second-order valence-electron chi connectivity index (χ2n) is 5.09. The average molecular weight is 213 g/mol. The highest BCUT2D eigenvalue weighted by Crippen LogP contribution is 2.29. The fourth-order valence-corrected chi connectivity index (χ4v) is 1.67. The lowest BCUT2D eigenvalue weighted by molar-refractivity contribution is -0.122. The molecule has 1 rings (SSSR count). The zero-order valence-electron chi connectivity index (χ0n) is 9.83. The minimum Gasteiger partial charge on any atom is -0.368 e. The highest BCUT2D eigenvalue weighted by atomic mass is 16.1. The van der Waals surface area contributed by atoms with Gasteiger partial charge in [-0.3, -0.25) is 4.79 Å². The molecule has 0 bridgehead atoms. The van der Waals surface area contributed by atoms with Crippen LogP contribution in [0.2, 0.25) is 0 Å². The van der Waals surface area contributed by atoms with E-state index in [0.717, 1.165) is 18.9 Å². The molecular formula is C11H23N3O. The van der Waals surface area contributed by atoms with Crippen molar-refractivity contribution >= 4 is 5.91 Å². The molecule has 1 amide bonds. The Morgan fingerprint density at radius 1 is 1.53 bits per heavy atom. The molecule has 0 aromatic heterocycles. The fraction of sp³-hybridized carbons (Fsp3) is 0.909. The monoisotopic (exact) mass is 213 g/mol. The zero-order chi connectivity index (χ0) is 11.5. The highest BCUT2D eigenvalue weighted by molar-refractivity contribution is 5.83. The van der Waals surface area contributed by atoms with Gasteiger partial charge >= 0.3 is 0 Å². The van der Waals surface area contributed by atoms with Crippen molar-refractivity contribution in [3.8, 4) is 0 Å². The lowest BCUT2D eigenvalue weighted by Gasteiger charge is -2.22. The summed E-state index contributed by atoms with van der Waals surface area (Å²) in [5, 5.41) is 0. The summed E-state index contributed by atoms with van der Waals surface area (Å²) >= 11 is 0. The molecule has 1 aliphatic carbocycles. The van der Waals surface area contributed by atoms with Crippen LogP contribution in [0.25, 0.3) is 0 Å². The summed E-state index contributed by atoms with van der Waals surface area (Å²) < 4.78 is 0. The normalized spacial score (nSPS) is 20.3. The Morgan fingerprint density at radius 2 is 2.13 bits per heavy atom. The van der Waals surface area contributed by atoms with Crippen molar-refractivity contribution in [2.75, 3.05) is 20.1 Å². The van der Waals surface area contributed by atoms with Crippen LogP contribution >= 0.6 is 0 Å². The first-order valence-corrected chi connectivity index (χ1v) is 5.69. The molecule has 1 saturated carbocycles. The Balaban J connectivity index is 2.11. The number of nitrogens with two attached hydrogens (primary N) is 2. The van der Waals surface area contributed by atoms with Crippen LogP contribution < -0.4 is 11.5 Å². The largest absolute Gasteiger partial charge is 0.368 e. The molecule has 4 N–H and O–H groups in total. The standard InChI is InChI=1S/C11H23N3O/c1-11(13,10(12)15)6-3-7-14(2)8-9-4-5-9/h9H,3-8,13H2,1-2H3,(H2,12,15). The van der Waals surface area contributed by atoms with E-state index in [-0.39, 0.29) is 0 Å². The summed E-state index contributed by atoms with van der Waals surface area (Å²) in [4.78, 5) is 13.3. The number of hydrogen-bond donors (Lipinski definition) is 2. The summed E-state index contributed by atoms with van der Waals surface area (Å²) in [5.41, 5.74) is 10.1. The molecule has 0 aliphatic heterocycles. The number of carbonyl (C=O) groups is 1. The van der Waals surface area contributed by atoms with Gasteiger partial charge in [-0.05, 0) is 52.1 Å². The fourth-order valence-electron chi connectivity index (χ4n) is 1.67. The summed E-state index contributed by atoms with van der Waals surface area (Å²) in [6, 6.07) is 0. The van der Waals surface area contributed by atoms with Crippen molar-refractivity contribution in [2.45, 2.75) is 38.1 Å². The van der Waals surface area contributed by atoms with Crippen molar-refractivity contribution in [2.24, 2.45) is 17.4 Å². The van der Waals surface area contributed by atoms with Crippen molar-refractivity contribution in [1.29, 1.82) is 0 Å². The quantitative estimate of drug-likeness (QED) is 0.639. The summed E-state index contributed by atoms with van der Waals surface area (Å²) in [6.07, 6.45) is 4.34. The number of hydrogen-bond acceptors (Lipinski definition) is 3. The SMILES string of the molecule is CN(CCCC(C)(N)C(N)=O)CC1CC1. The molecule has 4 heteroatoms. The van der Waals surface area contributed by atoms with Gasteiger partial charge in [0.1, 0.15) is 0 Å². The Morgan fingerprint density at radius 3 is 2.60 bits per heavy atom. The molecule has 15 heavy (non-hydrogen) atoms. The zero-order valence-corrected chi connectivity index (χ0v) is 9.83. The van der Waals surface area contributed by atoms with Crippen LogP contribution in [-0.2, 0) is 4.79 Å². The van der Waals surface area contributed by atoms with Gasteiger partial charge in [0, 0.05) is 6.54 Å². The van der Waals surface area contributed by atoms with E-state index in [0.29, 0.717) is 6.42 Å². The van der Waals surface area contributed by atoms with Gasteiger partial charge in [0.15, 0.2) is 0 Å². The van der Waals surface area contributed by atoms with E-state index in [2.05, 4.69) is 11.9 Å². The van der Waals surface area contributed by atoms with Gasteiger partial charge in [-0.1, -0.05) is 0 Å². The molecule has 0 aromatic rings. The molecule has 1 fully saturated rings. The van der Waals surface area contributed by atoms with Gasteiger partial charge in [-0.2, -0.15) is 0 Å². The third-order valence-corrected chi connectivity index (χ3v) is 3.07. The Kier molecular flexibility index (Phi) is 4.11. The van der Waals surface area contributed by atoms with Crippen molar-refractivity contribution in [1.82, 2.24) is 4.90 Å². The van der Waals surface area contributed by atoms with E-state index in [1.165, 1.54) is 19.4 Å². The first-order valence-electron chi connectivity index (χ1n) is 5.69. The predicted molar refractivity (Wildman–Crippen MR) is 61.2 cm³/mol. The molecule has 0 radical (unpaired) electrons. The summed E-state index contributed by atoms with van der Waals surface area (Å²) in [7, 11) is 2.12. The van der Waals surface area contributed by atoms with Crippen LogP contribution in [0.1, 0.15) is 32.6 Å². The van der Waals surface area contributed by atoms with Gasteiger partial charge in [-0.15, -0.1) is 0 Å². The lowest BCUT2D eigenvalue weighted by Crippen LogP contribution is -2.49. The number of nitrogens with zero attached hydrogens (tertiary/aromatic N) is 1. The Bertz CT molecular complexity index is 224. The summed E-state index contributed by atoms with van der Waals surface area (Å²) in [6.45, 7) is 3.88. The molecule has 0 aromatic carbocycles. The van der Waals surface area contributed by atoms with Gasteiger partial charge in [-0.25, -0.2) is 0 Å². The van der Waals surface area contributed by atoms with Gasteiger partial charge < -0.3 is 16.4 Å². The van der Waals surface area contributed by atoms with E-state index in [1.807, 2.05) is 0 Å². The summed E-state index contributed by atoms with van der Waals surface area (Å²) in [5.74, 6) is 0.503. The van der Waals surface area contributed by atoms with Crippen molar-refractivity contribution in [3.63, 3.8) is 0 Å². The first kappa shape index (κ1) is 12.5. The highest BCUT2D eigenvalue weighted by Gasteiger charge is 2.26. The third kappa shape index (κ3) is 4.62. The van der Waals surface area contributed by atoms with Crippen LogP contribution in [0.5, 0.6) is 0 Å². The molecule has 1 aliphatic rings. The van der Waals surface area contributed by atoms with E-state index < -0.39 is 11.4 Å². The molecular weight excluding hydrogens is 190 g/mol. The van der Waals surface area contributed by atoms with Gasteiger partial charge in [0.2, 0.25) is 5.91 Å². The maximum absolute atomic E-state index is 11.0. The van der Waals surface area contributed by atoms with Crippen LogP contribution in [-0.4, -0.2) is 36.5 Å². The molecule has 1 unspecified atom stereocenters. The average Bonchev–Trinajstić information content (AvgIpc) is 2.87. The van der Waals surface area contributed by atoms with Crippen LogP contribution in [0.4, 0.5) is 0 Å². The van der Waals surface area contributed by atoms with Gasteiger partial charge in [0.05, 0.1) is 5.54 Å². The van der Waals surface area contributed by atoms with Crippen molar-refractivity contribution < 1.29 is 4.79 Å². The second-order valence-corrected chi connectivity index (χ2v) is 5.09. The van der Waals surface area contributed by atoms with Crippen LogP contribution in [0, 0.1) is 5.92 Å². The minimum atomic E-state index is -0.847. The molecule has 4 nitrogen and oxygen atoms in total. The van der Waals surface area contributed by atoms with Crippen LogP contribution in [0.3, 0.4) is 0 Å². The molecule has 0 spiro atoms. The second kappa shape index (κ2) is 4.94. The van der Waals surface area contributed by atoms with Crippen LogP contribution in [0.15, 0.2) is 0 Å². The molecule has 0 saturated heterocycles. The molecule has 0 heterocycles. The number of primary amides is 1. The van der Waals surface area contributed by atoms with Gasteiger partial charge in [0.25, 0.3) is 0 Å². The Hall–Kier alpha value is -0.610.